The number of benzene rings is 1. The standard InChI is InChI=1S/C19H23NO4/c1-11(2)14-7-6-8-15(9-14)24-10-16(21)17-12(3)18(19(22)23-5)20-13(17)4/h6-9,11,20H,10H2,1-5H3. The van der Waals surface area contributed by atoms with E-state index in [0.29, 0.717) is 34.2 Å². The molecule has 5 nitrogen and oxygen atoms in total. The zero-order valence-corrected chi connectivity index (χ0v) is 14.7. The molecular formula is C19H23NO4. The van der Waals surface area contributed by atoms with Gasteiger partial charge >= 0.3 is 5.97 Å². The van der Waals surface area contributed by atoms with Gasteiger partial charge in [0.25, 0.3) is 0 Å². The van der Waals surface area contributed by atoms with Crippen molar-refractivity contribution in [2.45, 2.75) is 33.6 Å². The van der Waals surface area contributed by atoms with Crippen molar-refractivity contribution in [2.24, 2.45) is 0 Å². The van der Waals surface area contributed by atoms with Gasteiger partial charge in [0.2, 0.25) is 5.78 Å². The third-order valence-corrected chi connectivity index (χ3v) is 4.00. The van der Waals surface area contributed by atoms with E-state index in [1.807, 2.05) is 24.3 Å². The van der Waals surface area contributed by atoms with E-state index in [4.69, 9.17) is 9.47 Å². The number of nitrogens with one attached hydrogen (secondary N) is 1. The Morgan fingerprint density at radius 1 is 1.21 bits per heavy atom. The van der Waals surface area contributed by atoms with Crippen molar-refractivity contribution in [3.8, 4) is 5.75 Å². The van der Waals surface area contributed by atoms with Crippen molar-refractivity contribution in [1.82, 2.24) is 4.98 Å². The number of hydrogen-bond donors (Lipinski definition) is 1. The lowest BCUT2D eigenvalue weighted by molar-refractivity contribution is 0.0594. The van der Waals surface area contributed by atoms with Crippen LogP contribution in [0.2, 0.25) is 0 Å². The zero-order valence-electron chi connectivity index (χ0n) is 14.7. The van der Waals surface area contributed by atoms with Crippen LogP contribution in [0.15, 0.2) is 24.3 Å². The van der Waals surface area contributed by atoms with E-state index in [-0.39, 0.29) is 12.4 Å². The van der Waals surface area contributed by atoms with Gasteiger partial charge in [-0.25, -0.2) is 4.79 Å². The largest absolute Gasteiger partial charge is 0.485 e. The van der Waals surface area contributed by atoms with Crippen LogP contribution in [0.5, 0.6) is 5.75 Å². The second kappa shape index (κ2) is 7.34. The summed E-state index contributed by atoms with van der Waals surface area (Å²) >= 11 is 0. The van der Waals surface area contributed by atoms with Crippen LogP contribution in [0.1, 0.15) is 57.4 Å². The highest BCUT2D eigenvalue weighted by molar-refractivity contribution is 6.03. The predicted molar refractivity (Wildman–Crippen MR) is 92.0 cm³/mol. The van der Waals surface area contributed by atoms with Gasteiger partial charge in [0.15, 0.2) is 6.61 Å². The van der Waals surface area contributed by atoms with E-state index >= 15 is 0 Å². The summed E-state index contributed by atoms with van der Waals surface area (Å²) in [4.78, 5) is 27.1. The molecule has 128 valence electrons. The van der Waals surface area contributed by atoms with Crippen LogP contribution in [-0.2, 0) is 4.74 Å². The van der Waals surface area contributed by atoms with Crippen LogP contribution < -0.4 is 4.74 Å². The predicted octanol–water partition coefficient (Wildman–Crippen LogP) is 3.80. The third kappa shape index (κ3) is 3.67. The van der Waals surface area contributed by atoms with Crippen molar-refractivity contribution in [1.29, 1.82) is 0 Å². The topological polar surface area (TPSA) is 68.4 Å². The molecule has 0 atom stereocenters. The molecule has 1 heterocycles. The second-order valence-electron chi connectivity index (χ2n) is 6.06. The molecule has 24 heavy (non-hydrogen) atoms. The fourth-order valence-corrected chi connectivity index (χ4v) is 2.66. The summed E-state index contributed by atoms with van der Waals surface area (Å²) in [5, 5.41) is 0. The Bertz CT molecular complexity index is 759. The van der Waals surface area contributed by atoms with Crippen LogP contribution in [0.4, 0.5) is 0 Å². The number of Topliss-reactive ketones (excluding diaryl/α,β-unsaturated/α-hetero) is 1. The number of aromatic amines is 1. The van der Waals surface area contributed by atoms with Gasteiger partial charge in [-0.15, -0.1) is 0 Å². The van der Waals surface area contributed by atoms with Crippen molar-refractivity contribution in [3.05, 3.63) is 52.3 Å². The summed E-state index contributed by atoms with van der Waals surface area (Å²) in [6.45, 7) is 7.60. The van der Waals surface area contributed by atoms with E-state index in [0.717, 1.165) is 5.56 Å². The average Bonchev–Trinajstić information content (AvgIpc) is 2.86. The molecule has 0 spiro atoms. The van der Waals surface area contributed by atoms with Crippen molar-refractivity contribution < 1.29 is 19.1 Å². The molecule has 0 aliphatic rings. The van der Waals surface area contributed by atoms with Gasteiger partial charge in [-0.3, -0.25) is 4.79 Å². The molecule has 0 aliphatic heterocycles. The first kappa shape index (κ1) is 17.8. The highest BCUT2D eigenvalue weighted by Gasteiger charge is 2.22. The minimum atomic E-state index is -0.486. The third-order valence-electron chi connectivity index (χ3n) is 4.00. The normalized spacial score (nSPS) is 10.8. The van der Waals surface area contributed by atoms with Gasteiger partial charge in [0.1, 0.15) is 11.4 Å². The van der Waals surface area contributed by atoms with Gasteiger partial charge in [-0.05, 0) is 43.0 Å². The van der Waals surface area contributed by atoms with Gasteiger partial charge in [0, 0.05) is 11.3 Å². The molecule has 1 aromatic carbocycles. The Balaban J connectivity index is 2.15. The second-order valence-corrected chi connectivity index (χ2v) is 6.06. The van der Waals surface area contributed by atoms with Crippen LogP contribution in [0.3, 0.4) is 0 Å². The lowest BCUT2D eigenvalue weighted by Gasteiger charge is -2.10. The van der Waals surface area contributed by atoms with Crippen molar-refractivity contribution in [2.75, 3.05) is 13.7 Å². The molecule has 0 saturated carbocycles. The van der Waals surface area contributed by atoms with Gasteiger partial charge in [0.05, 0.1) is 7.11 Å². The molecule has 0 unspecified atom stereocenters. The summed E-state index contributed by atoms with van der Waals surface area (Å²) < 4.78 is 10.4. The average molecular weight is 329 g/mol. The molecule has 2 rings (SSSR count). The number of carbonyl (C=O) groups is 2. The number of aromatic nitrogens is 1. The molecule has 1 N–H and O–H groups in total. The molecule has 0 aliphatic carbocycles. The quantitative estimate of drug-likeness (QED) is 0.646. The highest BCUT2D eigenvalue weighted by atomic mass is 16.5. The molecule has 1 aromatic heterocycles. The maximum absolute atomic E-state index is 12.5. The summed E-state index contributed by atoms with van der Waals surface area (Å²) in [6.07, 6.45) is 0. The first-order chi connectivity index (χ1) is 11.3. The molecule has 5 heteroatoms. The fraction of sp³-hybridized carbons (Fsp3) is 0.368. The van der Waals surface area contributed by atoms with Crippen molar-refractivity contribution in [3.63, 3.8) is 0 Å². The number of ketones is 1. The number of hydrogen-bond acceptors (Lipinski definition) is 4. The Morgan fingerprint density at radius 3 is 2.54 bits per heavy atom. The lowest BCUT2D eigenvalue weighted by Crippen LogP contribution is -2.13. The molecule has 0 radical (unpaired) electrons. The van der Waals surface area contributed by atoms with Crippen LogP contribution in [-0.4, -0.2) is 30.5 Å². The summed E-state index contributed by atoms with van der Waals surface area (Å²) in [5.74, 6) is 0.390. The van der Waals surface area contributed by atoms with E-state index < -0.39 is 5.97 Å². The van der Waals surface area contributed by atoms with E-state index in [2.05, 4.69) is 18.8 Å². The SMILES string of the molecule is COC(=O)c1[nH]c(C)c(C(=O)COc2cccc(C(C)C)c2)c1C. The van der Waals surface area contributed by atoms with Crippen molar-refractivity contribution >= 4 is 11.8 Å². The first-order valence-electron chi connectivity index (χ1n) is 7.88. The van der Waals surface area contributed by atoms with E-state index in [9.17, 15) is 9.59 Å². The van der Waals surface area contributed by atoms with Crippen LogP contribution in [0, 0.1) is 13.8 Å². The molecule has 0 fully saturated rings. The van der Waals surface area contributed by atoms with E-state index in [1.54, 1.807) is 13.8 Å². The number of ether oxygens (including phenoxy) is 2. The summed E-state index contributed by atoms with van der Waals surface area (Å²) in [6, 6.07) is 7.71. The van der Waals surface area contributed by atoms with Gasteiger partial charge in [-0.2, -0.15) is 0 Å². The van der Waals surface area contributed by atoms with Gasteiger partial charge < -0.3 is 14.5 Å². The number of carbonyl (C=O) groups excluding carboxylic acids is 2. The van der Waals surface area contributed by atoms with Crippen LogP contribution in [0.25, 0.3) is 0 Å². The maximum atomic E-state index is 12.5. The Hall–Kier alpha value is -2.56. The van der Waals surface area contributed by atoms with E-state index in [1.165, 1.54) is 7.11 Å². The highest BCUT2D eigenvalue weighted by Crippen LogP contribution is 2.22. The molecule has 2 aromatic rings. The molecular weight excluding hydrogens is 306 g/mol. The number of esters is 1. The maximum Gasteiger partial charge on any atom is 0.354 e. The zero-order chi connectivity index (χ0) is 17.9. The summed E-state index contributed by atoms with van der Waals surface area (Å²) in [5.41, 5.74) is 3.17. The Morgan fingerprint density at radius 2 is 1.92 bits per heavy atom. The van der Waals surface area contributed by atoms with Crippen LogP contribution >= 0.6 is 0 Å². The van der Waals surface area contributed by atoms with Gasteiger partial charge in [-0.1, -0.05) is 26.0 Å². The Kier molecular flexibility index (Phi) is 5.44. The lowest BCUT2D eigenvalue weighted by atomic mass is 10.0. The minimum Gasteiger partial charge on any atom is -0.485 e. The Labute approximate surface area is 142 Å². The minimum absolute atomic E-state index is 0.0817. The summed E-state index contributed by atoms with van der Waals surface area (Å²) in [7, 11) is 1.31. The first-order valence-corrected chi connectivity index (χ1v) is 7.88. The number of aryl methyl sites for hydroxylation is 1. The smallest absolute Gasteiger partial charge is 0.354 e. The fourth-order valence-electron chi connectivity index (χ4n) is 2.66. The number of methoxy groups -OCH3 is 1. The molecule has 0 amide bonds. The molecule has 0 bridgehead atoms. The number of rotatable bonds is 6. The monoisotopic (exact) mass is 329 g/mol. The molecule has 0 saturated heterocycles. The number of H-pyrrole nitrogens is 1.